The summed E-state index contributed by atoms with van der Waals surface area (Å²) in [5, 5.41) is 6.90. The molecule has 2 aromatic carbocycles. The number of pyridine rings is 1. The van der Waals surface area contributed by atoms with Crippen LogP contribution in [-0.4, -0.2) is 48.2 Å². The van der Waals surface area contributed by atoms with E-state index in [0.29, 0.717) is 6.54 Å². The van der Waals surface area contributed by atoms with Crippen molar-refractivity contribution in [2.24, 2.45) is 0 Å². The topological polar surface area (TPSA) is 66.5 Å². The molecule has 0 bridgehead atoms. The zero-order valence-electron chi connectivity index (χ0n) is 18.2. The van der Waals surface area contributed by atoms with Gasteiger partial charge < -0.3 is 20.3 Å². The fraction of sp³-hybridized carbons (Fsp3) is 0.360. The van der Waals surface area contributed by atoms with E-state index in [1.807, 2.05) is 55.5 Å². The molecule has 1 fully saturated rings. The number of carbonyl (C=O) groups excluding carboxylic acids is 1. The molecule has 31 heavy (non-hydrogen) atoms. The molecule has 0 atom stereocenters. The van der Waals surface area contributed by atoms with E-state index in [4.69, 9.17) is 4.74 Å². The van der Waals surface area contributed by atoms with Gasteiger partial charge in [0.15, 0.2) is 0 Å². The Morgan fingerprint density at radius 1 is 1.10 bits per heavy atom. The number of carbonyl (C=O) groups is 1. The summed E-state index contributed by atoms with van der Waals surface area (Å²) in [5.74, 6) is 0.984. The zero-order chi connectivity index (χ0) is 21.6. The van der Waals surface area contributed by atoms with Crippen LogP contribution in [0.1, 0.15) is 24.1 Å². The molecule has 1 aromatic heterocycles. The Bertz CT molecular complexity index is 1040. The van der Waals surface area contributed by atoms with Crippen LogP contribution in [0.5, 0.6) is 5.75 Å². The number of ether oxygens (including phenoxy) is 1. The van der Waals surface area contributed by atoms with E-state index in [-0.39, 0.29) is 12.1 Å². The molecule has 2 N–H and O–H groups in total. The Morgan fingerprint density at radius 3 is 2.65 bits per heavy atom. The lowest BCUT2D eigenvalue weighted by atomic mass is 10.1. The van der Waals surface area contributed by atoms with Crippen LogP contribution in [0.3, 0.4) is 0 Å². The van der Waals surface area contributed by atoms with Gasteiger partial charge in [0.1, 0.15) is 11.9 Å². The second kappa shape index (κ2) is 9.79. The number of hydrogen-bond acceptors (Lipinski definition) is 4. The number of piperidine rings is 1. The first-order valence-electron chi connectivity index (χ1n) is 10.9. The Balaban J connectivity index is 1.21. The number of rotatable bonds is 6. The first kappa shape index (κ1) is 21.1. The van der Waals surface area contributed by atoms with Gasteiger partial charge in [-0.05, 0) is 50.5 Å². The lowest BCUT2D eigenvalue weighted by Crippen LogP contribution is -2.42. The zero-order valence-corrected chi connectivity index (χ0v) is 18.2. The van der Waals surface area contributed by atoms with Gasteiger partial charge in [-0.3, -0.25) is 4.98 Å². The summed E-state index contributed by atoms with van der Waals surface area (Å²) in [7, 11) is 0. The quantitative estimate of drug-likeness (QED) is 0.618. The summed E-state index contributed by atoms with van der Waals surface area (Å²) in [5.41, 5.74) is 3.73. The van der Waals surface area contributed by atoms with Crippen molar-refractivity contribution in [2.75, 3.05) is 31.5 Å². The number of benzene rings is 2. The molecular formula is C25H30N4O2. The first-order valence-corrected chi connectivity index (χ1v) is 10.9. The van der Waals surface area contributed by atoms with E-state index in [0.717, 1.165) is 60.5 Å². The van der Waals surface area contributed by atoms with Crippen molar-refractivity contribution >= 4 is 22.6 Å². The number of hydrogen-bond donors (Lipinski definition) is 2. The van der Waals surface area contributed by atoms with Crippen LogP contribution in [-0.2, 0) is 0 Å². The molecule has 6 heteroatoms. The van der Waals surface area contributed by atoms with Crippen molar-refractivity contribution in [3.63, 3.8) is 0 Å². The van der Waals surface area contributed by atoms with E-state index >= 15 is 0 Å². The van der Waals surface area contributed by atoms with Crippen molar-refractivity contribution in [3.05, 3.63) is 65.9 Å². The van der Waals surface area contributed by atoms with Crippen LogP contribution in [0.2, 0.25) is 0 Å². The molecule has 1 aliphatic heterocycles. The Morgan fingerprint density at radius 2 is 1.84 bits per heavy atom. The number of amides is 2. The third kappa shape index (κ3) is 5.52. The van der Waals surface area contributed by atoms with Crippen LogP contribution in [0.4, 0.5) is 10.5 Å². The summed E-state index contributed by atoms with van der Waals surface area (Å²) in [4.78, 5) is 19.3. The summed E-state index contributed by atoms with van der Waals surface area (Å²) < 4.78 is 6.18. The molecule has 0 spiro atoms. The van der Waals surface area contributed by atoms with Gasteiger partial charge in [-0.1, -0.05) is 36.4 Å². The smallest absolute Gasteiger partial charge is 0.319 e. The number of anilines is 1. The van der Waals surface area contributed by atoms with Gasteiger partial charge in [0.05, 0.1) is 11.2 Å². The van der Waals surface area contributed by atoms with E-state index in [2.05, 4.69) is 33.5 Å². The number of nitrogens with zero attached hydrogens (tertiary/aromatic N) is 2. The number of para-hydroxylation sites is 2. The minimum atomic E-state index is -0.187. The predicted octanol–water partition coefficient (Wildman–Crippen LogP) is 4.52. The third-order valence-corrected chi connectivity index (χ3v) is 5.73. The normalized spacial score (nSPS) is 15.0. The molecular weight excluding hydrogens is 388 g/mol. The lowest BCUT2D eigenvalue weighted by Gasteiger charge is -2.32. The fourth-order valence-electron chi connectivity index (χ4n) is 4.02. The second-order valence-corrected chi connectivity index (χ2v) is 8.13. The standard InChI is InChI=1S/C25H30N4O2/c1-18-7-3-6-10-24(18)31-20-11-14-29(15-12-20)16-13-26-25(30)28-23-17-19(2)27-22-9-5-4-8-21(22)23/h3-10,17,20H,11-16H2,1-2H3,(H2,26,27,28,30). The van der Waals surface area contributed by atoms with Gasteiger partial charge in [0.2, 0.25) is 0 Å². The molecule has 1 aliphatic rings. The minimum absolute atomic E-state index is 0.187. The first-order chi connectivity index (χ1) is 15.1. The Kier molecular flexibility index (Phi) is 6.67. The molecule has 0 radical (unpaired) electrons. The number of nitrogens with one attached hydrogen (secondary N) is 2. The third-order valence-electron chi connectivity index (χ3n) is 5.73. The molecule has 0 saturated carbocycles. The van der Waals surface area contributed by atoms with Gasteiger partial charge in [-0.2, -0.15) is 0 Å². The maximum absolute atomic E-state index is 12.4. The van der Waals surface area contributed by atoms with Gasteiger partial charge in [-0.15, -0.1) is 0 Å². The highest BCUT2D eigenvalue weighted by Crippen LogP contribution is 2.23. The minimum Gasteiger partial charge on any atom is -0.490 e. The predicted molar refractivity (Wildman–Crippen MR) is 125 cm³/mol. The van der Waals surface area contributed by atoms with Crippen LogP contribution in [0.15, 0.2) is 54.6 Å². The fourth-order valence-corrected chi connectivity index (χ4v) is 4.02. The molecule has 0 aliphatic carbocycles. The average Bonchev–Trinajstić information content (AvgIpc) is 2.76. The largest absolute Gasteiger partial charge is 0.490 e. The highest BCUT2D eigenvalue weighted by Gasteiger charge is 2.20. The maximum Gasteiger partial charge on any atom is 0.319 e. The van der Waals surface area contributed by atoms with Crippen LogP contribution in [0.25, 0.3) is 10.9 Å². The Hall–Kier alpha value is -3.12. The molecule has 0 unspecified atom stereocenters. The molecule has 3 aromatic rings. The molecule has 2 amide bonds. The van der Waals surface area contributed by atoms with E-state index in [9.17, 15) is 4.79 Å². The molecule has 6 nitrogen and oxygen atoms in total. The van der Waals surface area contributed by atoms with Crippen molar-refractivity contribution in [1.82, 2.24) is 15.2 Å². The van der Waals surface area contributed by atoms with Crippen LogP contribution in [0, 0.1) is 13.8 Å². The number of aromatic nitrogens is 1. The molecule has 2 heterocycles. The highest BCUT2D eigenvalue weighted by molar-refractivity contribution is 6.00. The van der Waals surface area contributed by atoms with Crippen molar-refractivity contribution < 1.29 is 9.53 Å². The van der Waals surface area contributed by atoms with E-state index in [1.54, 1.807) is 0 Å². The van der Waals surface area contributed by atoms with Crippen molar-refractivity contribution in [3.8, 4) is 5.75 Å². The van der Waals surface area contributed by atoms with Gasteiger partial charge >= 0.3 is 6.03 Å². The maximum atomic E-state index is 12.4. The summed E-state index contributed by atoms with van der Waals surface area (Å²) in [6.07, 6.45) is 2.27. The lowest BCUT2D eigenvalue weighted by molar-refractivity contribution is 0.101. The monoisotopic (exact) mass is 418 g/mol. The van der Waals surface area contributed by atoms with E-state index < -0.39 is 0 Å². The molecule has 4 rings (SSSR count). The average molecular weight is 419 g/mol. The Labute approximate surface area is 183 Å². The summed E-state index contributed by atoms with van der Waals surface area (Å²) in [6, 6.07) is 17.7. The second-order valence-electron chi connectivity index (χ2n) is 8.13. The SMILES string of the molecule is Cc1cc(NC(=O)NCCN2CCC(Oc3ccccc3C)CC2)c2ccccc2n1. The number of urea groups is 1. The van der Waals surface area contributed by atoms with Gasteiger partial charge in [0, 0.05) is 37.3 Å². The van der Waals surface area contributed by atoms with Gasteiger partial charge in [-0.25, -0.2) is 4.79 Å². The van der Waals surface area contributed by atoms with E-state index in [1.165, 1.54) is 5.56 Å². The summed E-state index contributed by atoms with van der Waals surface area (Å²) in [6.45, 7) is 7.42. The molecule has 162 valence electrons. The van der Waals surface area contributed by atoms with Crippen LogP contribution < -0.4 is 15.4 Å². The van der Waals surface area contributed by atoms with Crippen LogP contribution >= 0.6 is 0 Å². The number of likely N-dealkylation sites (tertiary alicyclic amines) is 1. The highest BCUT2D eigenvalue weighted by atomic mass is 16.5. The summed E-state index contributed by atoms with van der Waals surface area (Å²) >= 11 is 0. The number of fused-ring (bicyclic) bond motifs is 1. The molecule has 1 saturated heterocycles. The number of aryl methyl sites for hydroxylation is 2. The van der Waals surface area contributed by atoms with Crippen molar-refractivity contribution in [1.29, 1.82) is 0 Å². The van der Waals surface area contributed by atoms with Crippen molar-refractivity contribution in [2.45, 2.75) is 32.8 Å². The van der Waals surface area contributed by atoms with Gasteiger partial charge in [0.25, 0.3) is 0 Å².